The molecule has 0 N–H and O–H groups in total. The minimum Gasteiger partial charge on any atom is -0.246 e. The second-order valence-corrected chi connectivity index (χ2v) is 4.60. The summed E-state index contributed by atoms with van der Waals surface area (Å²) in [6.07, 6.45) is 1.07. The van der Waals surface area contributed by atoms with Crippen molar-refractivity contribution in [1.82, 2.24) is 4.98 Å². The lowest BCUT2D eigenvalue weighted by molar-refractivity contribution is 0.643. The number of halogens is 1. The number of nitrogens with zero attached hydrogens (tertiary/aromatic N) is 1. The predicted octanol–water partition coefficient (Wildman–Crippen LogP) is 3.57. The zero-order chi connectivity index (χ0) is 9.14. The summed E-state index contributed by atoms with van der Waals surface area (Å²) in [5.41, 5.74) is 1.10. The molecule has 1 nitrogen and oxygen atoms in total. The fourth-order valence-corrected chi connectivity index (χ4v) is 2.70. The first-order chi connectivity index (χ1) is 5.65. The summed E-state index contributed by atoms with van der Waals surface area (Å²) in [6, 6.07) is 0. The SMILES string of the molecule is CCC(c1nc(C)cs1)C(C)Cl. The summed E-state index contributed by atoms with van der Waals surface area (Å²) in [5.74, 6) is 0.422. The second-order valence-electron chi connectivity index (χ2n) is 3.02. The third kappa shape index (κ3) is 2.20. The molecule has 2 atom stereocenters. The van der Waals surface area contributed by atoms with E-state index in [1.165, 1.54) is 5.01 Å². The molecule has 3 heteroatoms. The highest BCUT2D eigenvalue weighted by molar-refractivity contribution is 7.09. The predicted molar refractivity (Wildman–Crippen MR) is 55.2 cm³/mol. The molecular formula is C9H14ClNS. The Bertz CT molecular complexity index is 244. The standard InChI is InChI=1S/C9H14ClNS/c1-4-8(7(3)10)9-11-6(2)5-12-9/h5,7-8H,4H2,1-3H3. The van der Waals surface area contributed by atoms with Crippen LogP contribution in [0.1, 0.15) is 36.9 Å². The average Bonchev–Trinajstić information content (AvgIpc) is 2.37. The molecule has 1 aromatic rings. The maximum Gasteiger partial charge on any atom is 0.0973 e. The topological polar surface area (TPSA) is 12.9 Å². The van der Waals surface area contributed by atoms with E-state index in [1.807, 2.05) is 13.8 Å². The molecule has 1 heterocycles. The van der Waals surface area contributed by atoms with Crippen molar-refractivity contribution in [3.8, 4) is 0 Å². The number of alkyl halides is 1. The highest BCUT2D eigenvalue weighted by Gasteiger charge is 2.17. The van der Waals surface area contributed by atoms with Gasteiger partial charge in [0.15, 0.2) is 0 Å². The molecule has 0 aliphatic heterocycles. The van der Waals surface area contributed by atoms with Gasteiger partial charge in [-0.05, 0) is 20.3 Å². The molecule has 0 radical (unpaired) electrons. The fourth-order valence-electron chi connectivity index (χ4n) is 1.24. The van der Waals surface area contributed by atoms with E-state index in [9.17, 15) is 0 Å². The Kier molecular flexibility index (Phi) is 3.53. The number of rotatable bonds is 3. The van der Waals surface area contributed by atoms with Gasteiger partial charge < -0.3 is 0 Å². The van der Waals surface area contributed by atoms with Gasteiger partial charge in [0.25, 0.3) is 0 Å². The molecule has 2 unspecified atom stereocenters. The Balaban J connectivity index is 2.80. The van der Waals surface area contributed by atoms with Gasteiger partial charge >= 0.3 is 0 Å². The van der Waals surface area contributed by atoms with Crippen molar-refractivity contribution in [2.75, 3.05) is 0 Å². The zero-order valence-corrected chi connectivity index (χ0v) is 9.25. The van der Waals surface area contributed by atoms with Crippen LogP contribution in [0, 0.1) is 6.92 Å². The van der Waals surface area contributed by atoms with Gasteiger partial charge in [0.2, 0.25) is 0 Å². The van der Waals surface area contributed by atoms with Gasteiger partial charge in [-0.3, -0.25) is 0 Å². The lowest BCUT2D eigenvalue weighted by Gasteiger charge is -2.13. The molecule has 12 heavy (non-hydrogen) atoms. The molecule has 0 amide bonds. The van der Waals surface area contributed by atoms with Gasteiger partial charge in [0, 0.05) is 22.4 Å². The van der Waals surface area contributed by atoms with Gasteiger partial charge in [0.1, 0.15) is 0 Å². The van der Waals surface area contributed by atoms with Gasteiger partial charge in [0.05, 0.1) is 5.01 Å². The van der Waals surface area contributed by atoms with Gasteiger partial charge in [-0.15, -0.1) is 22.9 Å². The van der Waals surface area contributed by atoms with Crippen LogP contribution in [0.3, 0.4) is 0 Å². The number of aryl methyl sites for hydroxylation is 1. The normalized spacial score (nSPS) is 16.0. The first-order valence-corrected chi connectivity index (χ1v) is 5.52. The molecule has 0 bridgehead atoms. The van der Waals surface area contributed by atoms with E-state index in [1.54, 1.807) is 11.3 Å². The lowest BCUT2D eigenvalue weighted by Crippen LogP contribution is -2.07. The molecule has 0 saturated heterocycles. The summed E-state index contributed by atoms with van der Waals surface area (Å²) in [5, 5.41) is 3.44. The van der Waals surface area contributed by atoms with Crippen molar-refractivity contribution in [3.63, 3.8) is 0 Å². The summed E-state index contributed by atoms with van der Waals surface area (Å²) in [7, 11) is 0. The van der Waals surface area contributed by atoms with Crippen molar-refractivity contribution >= 4 is 22.9 Å². The van der Waals surface area contributed by atoms with E-state index in [2.05, 4.69) is 17.3 Å². The third-order valence-electron chi connectivity index (χ3n) is 1.95. The monoisotopic (exact) mass is 203 g/mol. The van der Waals surface area contributed by atoms with E-state index >= 15 is 0 Å². The van der Waals surface area contributed by atoms with E-state index in [4.69, 9.17) is 11.6 Å². The molecule has 0 aromatic carbocycles. The van der Waals surface area contributed by atoms with Gasteiger partial charge in [-0.2, -0.15) is 0 Å². The molecule has 1 rings (SSSR count). The fraction of sp³-hybridized carbons (Fsp3) is 0.667. The molecule has 0 aliphatic carbocycles. The highest BCUT2D eigenvalue weighted by atomic mass is 35.5. The molecule has 0 aliphatic rings. The summed E-state index contributed by atoms with van der Waals surface area (Å²) in [6.45, 7) is 6.21. The molecule has 0 fully saturated rings. The van der Waals surface area contributed by atoms with E-state index in [0.717, 1.165) is 12.1 Å². The Morgan fingerprint density at radius 2 is 2.33 bits per heavy atom. The van der Waals surface area contributed by atoms with Gasteiger partial charge in [-0.25, -0.2) is 4.98 Å². The Labute approximate surface area is 82.8 Å². The van der Waals surface area contributed by atoms with Gasteiger partial charge in [-0.1, -0.05) is 6.92 Å². The summed E-state index contributed by atoms with van der Waals surface area (Å²) >= 11 is 7.77. The minimum absolute atomic E-state index is 0.181. The van der Waals surface area contributed by atoms with Crippen LogP contribution in [-0.4, -0.2) is 10.4 Å². The Morgan fingerprint density at radius 3 is 2.67 bits per heavy atom. The molecular weight excluding hydrogens is 190 g/mol. The summed E-state index contributed by atoms with van der Waals surface area (Å²) in [4.78, 5) is 4.44. The maximum absolute atomic E-state index is 6.05. The highest BCUT2D eigenvalue weighted by Crippen LogP contribution is 2.28. The van der Waals surface area contributed by atoms with E-state index in [0.29, 0.717) is 5.92 Å². The van der Waals surface area contributed by atoms with Crippen LogP contribution in [0.2, 0.25) is 0 Å². The smallest absolute Gasteiger partial charge is 0.0973 e. The first kappa shape index (κ1) is 10.0. The zero-order valence-electron chi connectivity index (χ0n) is 7.67. The Hall–Kier alpha value is -0.0800. The lowest BCUT2D eigenvalue weighted by atomic mass is 10.0. The minimum atomic E-state index is 0.181. The van der Waals surface area contributed by atoms with Crippen LogP contribution in [0.15, 0.2) is 5.38 Å². The maximum atomic E-state index is 6.05. The number of hydrogen-bond acceptors (Lipinski definition) is 2. The number of aromatic nitrogens is 1. The average molecular weight is 204 g/mol. The van der Waals surface area contributed by atoms with Crippen molar-refractivity contribution in [1.29, 1.82) is 0 Å². The third-order valence-corrected chi connectivity index (χ3v) is 3.35. The van der Waals surface area contributed by atoms with Crippen molar-refractivity contribution in [3.05, 3.63) is 16.1 Å². The van der Waals surface area contributed by atoms with Crippen LogP contribution in [0.4, 0.5) is 0 Å². The van der Waals surface area contributed by atoms with E-state index < -0.39 is 0 Å². The Morgan fingerprint density at radius 1 is 1.67 bits per heavy atom. The van der Waals surface area contributed by atoms with Crippen molar-refractivity contribution in [2.45, 2.75) is 38.5 Å². The molecule has 0 spiro atoms. The van der Waals surface area contributed by atoms with Crippen LogP contribution in [0.5, 0.6) is 0 Å². The number of hydrogen-bond donors (Lipinski definition) is 0. The number of thiazole rings is 1. The second kappa shape index (κ2) is 4.24. The molecule has 68 valence electrons. The molecule has 0 saturated carbocycles. The van der Waals surface area contributed by atoms with Crippen molar-refractivity contribution < 1.29 is 0 Å². The van der Waals surface area contributed by atoms with Crippen LogP contribution < -0.4 is 0 Å². The van der Waals surface area contributed by atoms with E-state index in [-0.39, 0.29) is 5.38 Å². The molecule has 1 aromatic heterocycles. The van der Waals surface area contributed by atoms with Crippen LogP contribution in [0.25, 0.3) is 0 Å². The van der Waals surface area contributed by atoms with Crippen molar-refractivity contribution in [2.24, 2.45) is 0 Å². The largest absolute Gasteiger partial charge is 0.246 e. The summed E-state index contributed by atoms with van der Waals surface area (Å²) < 4.78 is 0. The van der Waals surface area contributed by atoms with Crippen LogP contribution in [-0.2, 0) is 0 Å². The first-order valence-electron chi connectivity index (χ1n) is 4.21. The quantitative estimate of drug-likeness (QED) is 0.685. The van der Waals surface area contributed by atoms with Crippen LogP contribution >= 0.6 is 22.9 Å².